The third kappa shape index (κ3) is 2.53. The molecule has 3 rings (SSSR count). The number of aromatic nitrogens is 1. The minimum atomic E-state index is -0.417. The van der Waals surface area contributed by atoms with Crippen molar-refractivity contribution in [2.24, 2.45) is 0 Å². The van der Waals surface area contributed by atoms with Crippen molar-refractivity contribution < 1.29 is 13.5 Å². The molecule has 20 heavy (non-hydrogen) atoms. The number of hydrogen-bond donors (Lipinski definition) is 1. The number of nitrogens with zero attached hydrogens (tertiary/aromatic N) is 1. The Morgan fingerprint density at radius 3 is 2.90 bits per heavy atom. The van der Waals surface area contributed by atoms with E-state index in [1.54, 1.807) is 18.2 Å². The molecule has 3 aromatic rings. The van der Waals surface area contributed by atoms with Crippen molar-refractivity contribution in [1.82, 2.24) is 4.98 Å². The van der Waals surface area contributed by atoms with E-state index in [1.165, 1.54) is 18.2 Å². The number of rotatable bonds is 3. The lowest BCUT2D eigenvalue weighted by Crippen LogP contribution is -1.96. The van der Waals surface area contributed by atoms with Gasteiger partial charge in [0.25, 0.3) is 0 Å². The van der Waals surface area contributed by atoms with Crippen LogP contribution in [-0.2, 0) is 6.61 Å². The number of anilines is 1. The highest BCUT2D eigenvalue weighted by molar-refractivity contribution is 6.32. The van der Waals surface area contributed by atoms with Crippen LogP contribution < -0.4 is 10.5 Å². The predicted molar refractivity (Wildman–Crippen MR) is 74.2 cm³/mol. The minimum absolute atomic E-state index is 0.0972. The smallest absolute Gasteiger partial charge is 0.233 e. The lowest BCUT2D eigenvalue weighted by Gasteiger charge is -2.05. The van der Waals surface area contributed by atoms with Crippen LogP contribution in [0.1, 0.15) is 5.89 Å². The van der Waals surface area contributed by atoms with Gasteiger partial charge in [-0.25, -0.2) is 9.37 Å². The summed E-state index contributed by atoms with van der Waals surface area (Å²) in [4.78, 5) is 4.25. The summed E-state index contributed by atoms with van der Waals surface area (Å²) in [6, 6.07) is 9.11. The molecule has 0 aliphatic heterocycles. The predicted octanol–water partition coefficient (Wildman–Crippen LogP) is 3.78. The number of ether oxygens (including phenoxy) is 1. The zero-order chi connectivity index (χ0) is 14.1. The average molecular weight is 293 g/mol. The first-order chi connectivity index (χ1) is 9.61. The van der Waals surface area contributed by atoms with Crippen molar-refractivity contribution in [3.05, 3.63) is 53.1 Å². The highest BCUT2D eigenvalue weighted by atomic mass is 35.5. The van der Waals surface area contributed by atoms with Gasteiger partial charge in [-0.15, -0.1) is 0 Å². The second-order valence-electron chi connectivity index (χ2n) is 4.20. The minimum Gasteiger partial charge on any atom is -0.482 e. The molecule has 0 amide bonds. The summed E-state index contributed by atoms with van der Waals surface area (Å²) >= 11 is 5.86. The van der Waals surface area contributed by atoms with Crippen LogP contribution in [0.15, 0.2) is 40.8 Å². The van der Waals surface area contributed by atoms with E-state index in [2.05, 4.69) is 4.98 Å². The fourth-order valence-electron chi connectivity index (χ4n) is 1.78. The summed E-state index contributed by atoms with van der Waals surface area (Å²) in [6.45, 7) is 0.0972. The Bertz CT molecular complexity index is 773. The topological polar surface area (TPSA) is 61.3 Å². The average Bonchev–Trinajstić information content (AvgIpc) is 2.79. The van der Waals surface area contributed by atoms with E-state index in [4.69, 9.17) is 26.5 Å². The van der Waals surface area contributed by atoms with E-state index in [9.17, 15) is 4.39 Å². The van der Waals surface area contributed by atoms with Crippen molar-refractivity contribution in [3.8, 4) is 5.75 Å². The van der Waals surface area contributed by atoms with Crippen LogP contribution in [0.25, 0.3) is 11.1 Å². The maximum absolute atomic E-state index is 12.9. The summed E-state index contributed by atoms with van der Waals surface area (Å²) in [6.07, 6.45) is 0. The Labute approximate surface area is 118 Å². The largest absolute Gasteiger partial charge is 0.482 e. The van der Waals surface area contributed by atoms with Crippen molar-refractivity contribution in [1.29, 1.82) is 0 Å². The molecule has 0 fully saturated rings. The number of fused-ring (bicyclic) bond motifs is 1. The van der Waals surface area contributed by atoms with E-state index in [-0.39, 0.29) is 11.6 Å². The SMILES string of the molecule is Nc1ccc2nc(COc3ccc(F)cc3Cl)oc2c1. The molecule has 0 bridgehead atoms. The molecule has 2 N–H and O–H groups in total. The summed E-state index contributed by atoms with van der Waals surface area (Å²) in [5.41, 5.74) is 7.55. The Hall–Kier alpha value is -2.27. The van der Waals surface area contributed by atoms with Crippen LogP contribution >= 0.6 is 11.6 Å². The standard InChI is InChI=1S/C14H10ClFN2O2/c15-10-5-8(16)1-4-12(10)19-7-14-18-11-3-2-9(17)6-13(11)20-14/h1-6H,7,17H2. The molecule has 102 valence electrons. The summed E-state index contributed by atoms with van der Waals surface area (Å²) in [5.74, 6) is 0.348. The molecule has 4 nitrogen and oxygen atoms in total. The Balaban J connectivity index is 1.79. The molecule has 0 spiro atoms. The van der Waals surface area contributed by atoms with Crippen LogP contribution in [0.3, 0.4) is 0 Å². The number of benzene rings is 2. The Morgan fingerprint density at radius 2 is 2.10 bits per heavy atom. The summed E-state index contributed by atoms with van der Waals surface area (Å²) in [5, 5.41) is 0.199. The van der Waals surface area contributed by atoms with Crippen LogP contribution in [0.2, 0.25) is 5.02 Å². The van der Waals surface area contributed by atoms with Crippen molar-refractivity contribution in [3.63, 3.8) is 0 Å². The van der Waals surface area contributed by atoms with Crippen LogP contribution in [0, 0.1) is 5.82 Å². The summed E-state index contributed by atoms with van der Waals surface area (Å²) in [7, 11) is 0. The van der Waals surface area contributed by atoms with Gasteiger partial charge in [0.05, 0.1) is 5.02 Å². The first-order valence-electron chi connectivity index (χ1n) is 5.84. The molecule has 1 heterocycles. The van der Waals surface area contributed by atoms with Crippen LogP contribution in [0.5, 0.6) is 5.75 Å². The highest BCUT2D eigenvalue weighted by Gasteiger charge is 2.08. The zero-order valence-electron chi connectivity index (χ0n) is 10.3. The Kier molecular flexibility index (Phi) is 3.20. The number of hydrogen-bond acceptors (Lipinski definition) is 4. The molecule has 0 aliphatic rings. The molecule has 0 unspecified atom stereocenters. The molecular formula is C14H10ClFN2O2. The first kappa shape index (κ1) is 12.7. The fraction of sp³-hybridized carbons (Fsp3) is 0.0714. The van der Waals surface area contributed by atoms with Gasteiger partial charge in [0.15, 0.2) is 12.2 Å². The van der Waals surface area contributed by atoms with E-state index in [0.29, 0.717) is 28.4 Å². The van der Waals surface area contributed by atoms with E-state index in [0.717, 1.165) is 0 Å². The van der Waals surface area contributed by atoms with Gasteiger partial charge in [-0.1, -0.05) is 11.6 Å². The number of nitrogen functional groups attached to an aromatic ring is 1. The van der Waals surface area contributed by atoms with Gasteiger partial charge in [0, 0.05) is 11.8 Å². The second-order valence-corrected chi connectivity index (χ2v) is 4.61. The molecule has 0 atom stereocenters. The highest BCUT2D eigenvalue weighted by Crippen LogP contribution is 2.26. The van der Waals surface area contributed by atoms with Gasteiger partial charge in [-0.05, 0) is 30.3 Å². The molecule has 0 saturated carbocycles. The molecular weight excluding hydrogens is 283 g/mol. The third-order valence-corrected chi connectivity index (χ3v) is 3.00. The Morgan fingerprint density at radius 1 is 1.25 bits per heavy atom. The van der Waals surface area contributed by atoms with Gasteiger partial charge in [-0.3, -0.25) is 0 Å². The van der Waals surface area contributed by atoms with Gasteiger partial charge in [-0.2, -0.15) is 0 Å². The van der Waals surface area contributed by atoms with Crippen LogP contribution in [-0.4, -0.2) is 4.98 Å². The maximum atomic E-state index is 12.9. The van der Waals surface area contributed by atoms with E-state index in [1.807, 2.05) is 0 Å². The number of halogens is 2. The van der Waals surface area contributed by atoms with Gasteiger partial charge in [0.1, 0.15) is 17.1 Å². The number of oxazole rings is 1. The molecule has 0 radical (unpaired) electrons. The van der Waals surface area contributed by atoms with E-state index >= 15 is 0 Å². The molecule has 0 saturated heterocycles. The third-order valence-electron chi connectivity index (χ3n) is 2.70. The molecule has 1 aromatic heterocycles. The first-order valence-corrected chi connectivity index (χ1v) is 6.22. The van der Waals surface area contributed by atoms with Gasteiger partial charge in [0.2, 0.25) is 5.89 Å². The zero-order valence-corrected chi connectivity index (χ0v) is 11.0. The van der Waals surface area contributed by atoms with Crippen molar-refractivity contribution in [2.75, 3.05) is 5.73 Å². The lowest BCUT2D eigenvalue weighted by atomic mass is 10.3. The molecule has 6 heteroatoms. The van der Waals surface area contributed by atoms with Crippen molar-refractivity contribution >= 4 is 28.4 Å². The normalized spacial score (nSPS) is 10.9. The fourth-order valence-corrected chi connectivity index (χ4v) is 2.00. The van der Waals surface area contributed by atoms with Crippen LogP contribution in [0.4, 0.5) is 10.1 Å². The molecule has 0 aliphatic carbocycles. The quantitative estimate of drug-likeness (QED) is 0.746. The monoisotopic (exact) mass is 292 g/mol. The summed E-state index contributed by atoms with van der Waals surface area (Å²) < 4.78 is 23.9. The molecule has 2 aromatic carbocycles. The van der Waals surface area contributed by atoms with Gasteiger partial charge < -0.3 is 14.9 Å². The lowest BCUT2D eigenvalue weighted by molar-refractivity contribution is 0.267. The number of nitrogens with two attached hydrogens (primary N) is 1. The van der Waals surface area contributed by atoms with E-state index < -0.39 is 5.82 Å². The van der Waals surface area contributed by atoms with Crippen molar-refractivity contribution in [2.45, 2.75) is 6.61 Å². The maximum Gasteiger partial charge on any atom is 0.233 e. The second kappa shape index (κ2) is 5.02. The van der Waals surface area contributed by atoms with Gasteiger partial charge >= 0.3 is 0 Å².